The smallest absolute Gasteiger partial charge is 0.340 e. The third-order valence-electron chi connectivity index (χ3n) is 4.26. The standard InChI is InChI=1S/C14H18N2O2/c1-8-12(6-11(15)7-16-8)14(17)18-13-5-9-2-3-10(13)4-9/h6-7,9-10,13H,2-5,15H2,1H3. The zero-order chi connectivity index (χ0) is 12.7. The lowest BCUT2D eigenvalue weighted by Crippen LogP contribution is -2.24. The van der Waals surface area contributed by atoms with Gasteiger partial charge in [-0.3, -0.25) is 4.98 Å². The van der Waals surface area contributed by atoms with E-state index >= 15 is 0 Å². The predicted molar refractivity (Wildman–Crippen MR) is 68.0 cm³/mol. The Morgan fingerprint density at radius 2 is 2.28 bits per heavy atom. The first-order valence-electron chi connectivity index (χ1n) is 6.56. The molecule has 2 saturated carbocycles. The number of nitrogen functional groups attached to an aromatic ring is 1. The van der Waals surface area contributed by atoms with Gasteiger partial charge >= 0.3 is 5.97 Å². The quantitative estimate of drug-likeness (QED) is 0.813. The van der Waals surface area contributed by atoms with E-state index in [9.17, 15) is 4.79 Å². The Hall–Kier alpha value is -1.58. The van der Waals surface area contributed by atoms with Crippen molar-refractivity contribution in [1.29, 1.82) is 0 Å². The molecule has 2 aliphatic carbocycles. The molecule has 96 valence electrons. The highest BCUT2D eigenvalue weighted by Gasteiger charge is 2.41. The SMILES string of the molecule is Cc1ncc(N)cc1C(=O)OC1CC2CCC1C2. The number of pyridine rings is 1. The molecule has 3 unspecified atom stereocenters. The molecule has 2 bridgehead atoms. The number of carbonyl (C=O) groups is 1. The van der Waals surface area contributed by atoms with Crippen LogP contribution in [0.5, 0.6) is 0 Å². The van der Waals surface area contributed by atoms with Gasteiger partial charge in [0.25, 0.3) is 0 Å². The summed E-state index contributed by atoms with van der Waals surface area (Å²) in [4.78, 5) is 16.2. The van der Waals surface area contributed by atoms with Gasteiger partial charge in [0, 0.05) is 0 Å². The number of nitrogens with two attached hydrogens (primary N) is 1. The van der Waals surface area contributed by atoms with E-state index in [0.29, 0.717) is 22.9 Å². The molecular weight excluding hydrogens is 228 g/mol. The maximum Gasteiger partial charge on any atom is 0.340 e. The van der Waals surface area contributed by atoms with Crippen molar-refractivity contribution in [3.05, 3.63) is 23.5 Å². The maximum absolute atomic E-state index is 12.1. The third-order valence-corrected chi connectivity index (χ3v) is 4.26. The molecule has 1 aromatic heterocycles. The van der Waals surface area contributed by atoms with E-state index in [4.69, 9.17) is 10.5 Å². The minimum absolute atomic E-state index is 0.108. The van der Waals surface area contributed by atoms with Crippen LogP contribution >= 0.6 is 0 Å². The molecule has 1 heterocycles. The van der Waals surface area contributed by atoms with Gasteiger partial charge in [0.05, 0.1) is 23.1 Å². The summed E-state index contributed by atoms with van der Waals surface area (Å²) in [6.45, 7) is 1.80. The summed E-state index contributed by atoms with van der Waals surface area (Å²) in [5.74, 6) is 1.07. The summed E-state index contributed by atoms with van der Waals surface area (Å²) in [5, 5.41) is 0. The van der Waals surface area contributed by atoms with Crippen molar-refractivity contribution in [2.75, 3.05) is 5.73 Å². The van der Waals surface area contributed by atoms with Crippen molar-refractivity contribution in [1.82, 2.24) is 4.98 Å². The number of hydrogen-bond acceptors (Lipinski definition) is 4. The summed E-state index contributed by atoms with van der Waals surface area (Å²) in [6, 6.07) is 1.65. The zero-order valence-electron chi connectivity index (χ0n) is 10.6. The van der Waals surface area contributed by atoms with Crippen molar-refractivity contribution >= 4 is 11.7 Å². The topological polar surface area (TPSA) is 65.2 Å². The molecule has 1 aromatic rings. The normalized spacial score (nSPS) is 29.5. The summed E-state index contributed by atoms with van der Waals surface area (Å²) in [6.07, 6.45) is 6.44. The molecule has 0 aliphatic heterocycles. The first-order valence-corrected chi connectivity index (χ1v) is 6.56. The molecule has 3 rings (SSSR count). The number of nitrogens with zero attached hydrogens (tertiary/aromatic N) is 1. The molecule has 2 fully saturated rings. The molecule has 4 heteroatoms. The number of aryl methyl sites for hydroxylation is 1. The summed E-state index contributed by atoms with van der Waals surface area (Å²) in [5.41, 5.74) is 7.34. The Labute approximate surface area is 107 Å². The van der Waals surface area contributed by atoms with Crippen LogP contribution in [0.3, 0.4) is 0 Å². The average molecular weight is 246 g/mol. The third kappa shape index (κ3) is 1.96. The van der Waals surface area contributed by atoms with E-state index in [1.54, 1.807) is 19.2 Å². The fourth-order valence-corrected chi connectivity index (χ4v) is 3.29. The second kappa shape index (κ2) is 4.26. The monoisotopic (exact) mass is 246 g/mol. The fraction of sp³-hybridized carbons (Fsp3) is 0.571. The van der Waals surface area contributed by atoms with Crippen molar-refractivity contribution in [2.45, 2.75) is 38.7 Å². The van der Waals surface area contributed by atoms with Gasteiger partial charge in [-0.05, 0) is 50.5 Å². The zero-order valence-corrected chi connectivity index (χ0v) is 10.6. The minimum Gasteiger partial charge on any atom is -0.458 e. The summed E-state index contributed by atoms with van der Waals surface area (Å²) < 4.78 is 5.63. The number of ether oxygens (including phenoxy) is 1. The van der Waals surface area contributed by atoms with Crippen LogP contribution in [0.2, 0.25) is 0 Å². The lowest BCUT2D eigenvalue weighted by molar-refractivity contribution is 0.0157. The second-order valence-corrected chi connectivity index (χ2v) is 5.52. The predicted octanol–water partition coefficient (Wildman–Crippen LogP) is 2.32. The molecule has 4 nitrogen and oxygen atoms in total. The van der Waals surface area contributed by atoms with E-state index in [2.05, 4.69) is 4.98 Å². The summed E-state index contributed by atoms with van der Waals surface area (Å²) in [7, 11) is 0. The van der Waals surface area contributed by atoms with Gasteiger partial charge in [0.15, 0.2) is 0 Å². The highest BCUT2D eigenvalue weighted by molar-refractivity contribution is 5.91. The van der Waals surface area contributed by atoms with Crippen molar-refractivity contribution < 1.29 is 9.53 Å². The van der Waals surface area contributed by atoms with E-state index < -0.39 is 0 Å². The molecular formula is C14H18N2O2. The van der Waals surface area contributed by atoms with Crippen LogP contribution in [0.15, 0.2) is 12.3 Å². The first-order chi connectivity index (χ1) is 8.63. The van der Waals surface area contributed by atoms with E-state index in [1.807, 2.05) is 0 Å². The van der Waals surface area contributed by atoms with Crippen molar-refractivity contribution in [2.24, 2.45) is 11.8 Å². The second-order valence-electron chi connectivity index (χ2n) is 5.52. The number of hydrogen-bond donors (Lipinski definition) is 1. The van der Waals surface area contributed by atoms with Gasteiger partial charge < -0.3 is 10.5 Å². The van der Waals surface area contributed by atoms with Crippen molar-refractivity contribution in [3.63, 3.8) is 0 Å². The summed E-state index contributed by atoms with van der Waals surface area (Å²) >= 11 is 0. The van der Waals surface area contributed by atoms with Gasteiger partial charge in [-0.2, -0.15) is 0 Å². The highest BCUT2D eigenvalue weighted by Crippen LogP contribution is 2.46. The molecule has 0 radical (unpaired) electrons. The number of aromatic nitrogens is 1. The Kier molecular flexibility index (Phi) is 2.73. The van der Waals surface area contributed by atoms with Crippen LogP contribution in [0.4, 0.5) is 5.69 Å². The molecule has 0 saturated heterocycles. The fourth-order valence-electron chi connectivity index (χ4n) is 3.29. The minimum atomic E-state index is -0.273. The number of esters is 1. The van der Waals surface area contributed by atoms with Gasteiger partial charge in [0.1, 0.15) is 6.10 Å². The average Bonchev–Trinajstić information content (AvgIpc) is 2.94. The van der Waals surface area contributed by atoms with Crippen molar-refractivity contribution in [3.8, 4) is 0 Å². The van der Waals surface area contributed by atoms with Crippen LogP contribution in [-0.2, 0) is 4.74 Å². The lowest BCUT2D eigenvalue weighted by atomic mass is 9.98. The first kappa shape index (κ1) is 11.5. The van der Waals surface area contributed by atoms with Crippen LogP contribution in [0, 0.1) is 18.8 Å². The van der Waals surface area contributed by atoms with Crippen LogP contribution in [-0.4, -0.2) is 17.1 Å². The number of carbonyl (C=O) groups excluding carboxylic acids is 1. The highest BCUT2D eigenvalue weighted by atomic mass is 16.5. The van der Waals surface area contributed by atoms with E-state index in [-0.39, 0.29) is 12.1 Å². The van der Waals surface area contributed by atoms with Gasteiger partial charge in [-0.15, -0.1) is 0 Å². The molecule has 18 heavy (non-hydrogen) atoms. The van der Waals surface area contributed by atoms with Gasteiger partial charge in [-0.25, -0.2) is 4.79 Å². The lowest BCUT2D eigenvalue weighted by Gasteiger charge is -2.22. The molecule has 3 atom stereocenters. The van der Waals surface area contributed by atoms with E-state index in [0.717, 1.165) is 12.3 Å². The Bertz CT molecular complexity index is 487. The molecule has 2 aliphatic rings. The Morgan fingerprint density at radius 3 is 2.94 bits per heavy atom. The molecule has 0 spiro atoms. The van der Waals surface area contributed by atoms with E-state index in [1.165, 1.54) is 19.3 Å². The molecule has 0 aromatic carbocycles. The number of rotatable bonds is 2. The largest absolute Gasteiger partial charge is 0.458 e. The Morgan fingerprint density at radius 1 is 1.44 bits per heavy atom. The number of fused-ring (bicyclic) bond motifs is 2. The van der Waals surface area contributed by atoms with Gasteiger partial charge in [0.2, 0.25) is 0 Å². The number of anilines is 1. The maximum atomic E-state index is 12.1. The molecule has 0 amide bonds. The Balaban J connectivity index is 1.73. The van der Waals surface area contributed by atoms with Crippen LogP contribution < -0.4 is 5.73 Å². The van der Waals surface area contributed by atoms with Crippen LogP contribution in [0.1, 0.15) is 41.7 Å². The van der Waals surface area contributed by atoms with Gasteiger partial charge in [-0.1, -0.05) is 0 Å². The molecule has 2 N–H and O–H groups in total. The van der Waals surface area contributed by atoms with Crippen LogP contribution in [0.25, 0.3) is 0 Å².